The van der Waals surface area contributed by atoms with Crippen LogP contribution in [0.4, 0.5) is 5.82 Å². The zero-order valence-corrected chi connectivity index (χ0v) is 10.5. The Labute approximate surface area is 102 Å². The second kappa shape index (κ2) is 5.31. The molecule has 2 unspecified atom stereocenters. The lowest BCUT2D eigenvalue weighted by molar-refractivity contribution is 0.366. The largest absolute Gasteiger partial charge is 0.480 e. The third-order valence-electron chi connectivity index (χ3n) is 3.42. The molecule has 94 valence electrons. The molecule has 1 aliphatic heterocycles. The van der Waals surface area contributed by atoms with E-state index in [1.165, 1.54) is 6.42 Å². The van der Waals surface area contributed by atoms with Crippen molar-refractivity contribution in [3.63, 3.8) is 0 Å². The van der Waals surface area contributed by atoms with E-state index in [-0.39, 0.29) is 0 Å². The van der Waals surface area contributed by atoms with Gasteiger partial charge in [-0.25, -0.2) is 0 Å². The lowest BCUT2D eigenvalue weighted by Crippen LogP contribution is -2.44. The normalized spacial score (nSPS) is 24.8. The molecule has 1 fully saturated rings. The van der Waals surface area contributed by atoms with Crippen molar-refractivity contribution in [2.45, 2.75) is 25.8 Å². The van der Waals surface area contributed by atoms with E-state index in [1.54, 1.807) is 19.5 Å². The van der Waals surface area contributed by atoms with Gasteiger partial charge in [-0.2, -0.15) is 4.98 Å². The maximum absolute atomic E-state index is 5.76. The van der Waals surface area contributed by atoms with Gasteiger partial charge in [-0.05, 0) is 32.2 Å². The molecule has 5 nitrogen and oxygen atoms in total. The van der Waals surface area contributed by atoms with Crippen LogP contribution in [0.1, 0.15) is 19.8 Å². The van der Waals surface area contributed by atoms with E-state index in [2.05, 4.69) is 21.8 Å². The van der Waals surface area contributed by atoms with Gasteiger partial charge in [0.2, 0.25) is 5.88 Å². The Hall–Kier alpha value is -1.36. The Balaban J connectivity index is 2.18. The summed E-state index contributed by atoms with van der Waals surface area (Å²) < 4.78 is 5.11. The van der Waals surface area contributed by atoms with Gasteiger partial charge in [-0.15, -0.1) is 0 Å². The molecule has 0 spiro atoms. The predicted octanol–water partition coefficient (Wildman–Crippen LogP) is 1.05. The average molecular weight is 236 g/mol. The molecule has 0 bridgehead atoms. The van der Waals surface area contributed by atoms with Gasteiger partial charge >= 0.3 is 0 Å². The fourth-order valence-electron chi connectivity index (χ4n) is 2.27. The molecule has 0 aromatic carbocycles. The lowest BCUT2D eigenvalue weighted by Gasteiger charge is -2.38. The zero-order valence-electron chi connectivity index (χ0n) is 10.5. The first kappa shape index (κ1) is 12.1. The minimum absolute atomic E-state index is 0.485. The monoisotopic (exact) mass is 236 g/mol. The Morgan fingerprint density at radius 3 is 3.00 bits per heavy atom. The van der Waals surface area contributed by atoms with Crippen LogP contribution in [0.15, 0.2) is 12.4 Å². The summed E-state index contributed by atoms with van der Waals surface area (Å²) in [7, 11) is 1.61. The summed E-state index contributed by atoms with van der Waals surface area (Å²) >= 11 is 0. The zero-order chi connectivity index (χ0) is 12.3. The van der Waals surface area contributed by atoms with Crippen LogP contribution in [-0.2, 0) is 0 Å². The number of methoxy groups -OCH3 is 1. The molecule has 1 aliphatic rings. The number of nitrogens with zero attached hydrogens (tertiary/aromatic N) is 3. The standard InChI is InChI=1S/C12H20N4O/c1-9-3-4-10(5-13)8-16(9)11-6-14-7-12(15-11)17-2/h6-7,9-10H,3-5,8,13H2,1-2H3. The molecular weight excluding hydrogens is 216 g/mol. The Morgan fingerprint density at radius 1 is 1.47 bits per heavy atom. The highest BCUT2D eigenvalue weighted by Crippen LogP contribution is 2.26. The van der Waals surface area contributed by atoms with Gasteiger partial charge in [-0.3, -0.25) is 4.98 Å². The number of hydrogen-bond acceptors (Lipinski definition) is 5. The number of aromatic nitrogens is 2. The number of hydrogen-bond donors (Lipinski definition) is 1. The molecule has 0 radical (unpaired) electrons. The fraction of sp³-hybridized carbons (Fsp3) is 0.667. The topological polar surface area (TPSA) is 64.3 Å². The number of anilines is 1. The molecule has 2 heterocycles. The summed E-state index contributed by atoms with van der Waals surface area (Å²) in [4.78, 5) is 10.9. The SMILES string of the molecule is COc1cncc(N2CC(CN)CCC2C)n1. The first-order chi connectivity index (χ1) is 8.24. The van der Waals surface area contributed by atoms with Crippen molar-refractivity contribution in [2.75, 3.05) is 25.1 Å². The third-order valence-corrected chi connectivity index (χ3v) is 3.42. The predicted molar refractivity (Wildman–Crippen MR) is 67.2 cm³/mol. The molecule has 2 N–H and O–H groups in total. The van der Waals surface area contributed by atoms with Crippen molar-refractivity contribution < 1.29 is 4.74 Å². The highest BCUT2D eigenvalue weighted by Gasteiger charge is 2.25. The molecule has 1 aromatic heterocycles. The first-order valence-electron chi connectivity index (χ1n) is 6.07. The first-order valence-corrected chi connectivity index (χ1v) is 6.07. The summed E-state index contributed by atoms with van der Waals surface area (Å²) in [5, 5.41) is 0. The number of rotatable bonds is 3. The minimum Gasteiger partial charge on any atom is -0.480 e. The molecule has 0 saturated carbocycles. The smallest absolute Gasteiger partial charge is 0.233 e. The Kier molecular flexibility index (Phi) is 3.78. The quantitative estimate of drug-likeness (QED) is 0.849. The van der Waals surface area contributed by atoms with Crippen LogP contribution >= 0.6 is 0 Å². The molecular formula is C12H20N4O. The van der Waals surface area contributed by atoms with E-state index in [4.69, 9.17) is 10.5 Å². The van der Waals surface area contributed by atoms with Crippen LogP contribution in [0, 0.1) is 5.92 Å². The second-order valence-corrected chi connectivity index (χ2v) is 4.60. The van der Waals surface area contributed by atoms with Crippen molar-refractivity contribution in [3.05, 3.63) is 12.4 Å². The fourth-order valence-corrected chi connectivity index (χ4v) is 2.27. The van der Waals surface area contributed by atoms with Gasteiger partial charge in [0.1, 0.15) is 0 Å². The van der Waals surface area contributed by atoms with Gasteiger partial charge in [0.15, 0.2) is 5.82 Å². The highest BCUT2D eigenvalue weighted by molar-refractivity contribution is 5.39. The summed E-state index contributed by atoms with van der Waals surface area (Å²) in [5.41, 5.74) is 5.76. The second-order valence-electron chi connectivity index (χ2n) is 4.60. The van der Waals surface area contributed by atoms with Crippen LogP contribution < -0.4 is 15.4 Å². The van der Waals surface area contributed by atoms with E-state index in [9.17, 15) is 0 Å². The Bertz CT molecular complexity index is 371. The van der Waals surface area contributed by atoms with Crippen LogP contribution in [-0.4, -0.2) is 36.2 Å². The Morgan fingerprint density at radius 2 is 2.29 bits per heavy atom. The van der Waals surface area contributed by atoms with Crippen LogP contribution in [0.2, 0.25) is 0 Å². The third kappa shape index (κ3) is 2.66. The molecule has 2 rings (SSSR count). The van der Waals surface area contributed by atoms with Gasteiger partial charge in [0, 0.05) is 12.6 Å². The van der Waals surface area contributed by atoms with E-state index >= 15 is 0 Å². The van der Waals surface area contributed by atoms with Crippen molar-refractivity contribution in [1.29, 1.82) is 0 Å². The van der Waals surface area contributed by atoms with Crippen molar-refractivity contribution in [1.82, 2.24) is 9.97 Å². The summed E-state index contributed by atoms with van der Waals surface area (Å²) in [6.07, 6.45) is 5.77. The van der Waals surface area contributed by atoms with E-state index in [0.717, 1.165) is 25.3 Å². The highest BCUT2D eigenvalue weighted by atomic mass is 16.5. The van der Waals surface area contributed by atoms with Gasteiger partial charge in [0.25, 0.3) is 0 Å². The number of piperidine rings is 1. The molecule has 5 heteroatoms. The van der Waals surface area contributed by atoms with E-state index in [1.807, 2.05) is 0 Å². The van der Waals surface area contributed by atoms with Crippen LogP contribution in [0.25, 0.3) is 0 Å². The van der Waals surface area contributed by atoms with Gasteiger partial charge in [-0.1, -0.05) is 0 Å². The number of ether oxygens (including phenoxy) is 1. The molecule has 17 heavy (non-hydrogen) atoms. The van der Waals surface area contributed by atoms with Crippen LogP contribution in [0.5, 0.6) is 5.88 Å². The summed E-state index contributed by atoms with van der Waals surface area (Å²) in [6, 6.07) is 0.485. The summed E-state index contributed by atoms with van der Waals surface area (Å²) in [6.45, 7) is 3.91. The van der Waals surface area contributed by atoms with E-state index < -0.39 is 0 Å². The van der Waals surface area contributed by atoms with Crippen LogP contribution in [0.3, 0.4) is 0 Å². The maximum atomic E-state index is 5.76. The van der Waals surface area contributed by atoms with E-state index in [0.29, 0.717) is 17.8 Å². The van der Waals surface area contributed by atoms with Crippen molar-refractivity contribution in [2.24, 2.45) is 11.7 Å². The molecule has 2 atom stereocenters. The summed E-state index contributed by atoms with van der Waals surface area (Å²) in [5.74, 6) is 2.00. The number of nitrogens with two attached hydrogens (primary N) is 1. The van der Waals surface area contributed by atoms with Gasteiger partial charge in [0.05, 0.1) is 19.5 Å². The average Bonchev–Trinajstić information content (AvgIpc) is 2.39. The van der Waals surface area contributed by atoms with Crippen molar-refractivity contribution in [3.8, 4) is 5.88 Å². The maximum Gasteiger partial charge on any atom is 0.233 e. The lowest BCUT2D eigenvalue weighted by atomic mass is 9.94. The molecule has 1 aromatic rings. The van der Waals surface area contributed by atoms with Gasteiger partial charge < -0.3 is 15.4 Å². The molecule has 0 amide bonds. The minimum atomic E-state index is 0.485. The molecule has 0 aliphatic carbocycles. The van der Waals surface area contributed by atoms with Crippen molar-refractivity contribution >= 4 is 5.82 Å². The molecule has 1 saturated heterocycles.